The Bertz CT molecular complexity index is 996. The highest BCUT2D eigenvalue weighted by atomic mass is 16.3. The summed E-state index contributed by atoms with van der Waals surface area (Å²) in [5, 5.41) is 34.9. The number of phenols is 3. The molecule has 0 atom stereocenters. The molecule has 0 aromatic heterocycles. The average Bonchev–Trinajstić information content (AvgIpc) is 2.60. The molecule has 25 heavy (non-hydrogen) atoms. The van der Waals surface area contributed by atoms with E-state index < -0.39 is 5.91 Å². The van der Waals surface area contributed by atoms with Crippen molar-refractivity contribution in [1.29, 1.82) is 0 Å². The van der Waals surface area contributed by atoms with Crippen molar-refractivity contribution in [2.24, 2.45) is 5.10 Å². The first-order valence-electron chi connectivity index (χ1n) is 7.54. The molecular weight excluding hydrogens is 320 g/mol. The summed E-state index contributed by atoms with van der Waals surface area (Å²) in [6.45, 7) is 1.58. The van der Waals surface area contributed by atoms with Crippen LogP contribution in [-0.2, 0) is 0 Å². The Balaban J connectivity index is 1.87. The van der Waals surface area contributed by atoms with Crippen LogP contribution < -0.4 is 5.43 Å². The molecular formula is C19H16N2O4. The van der Waals surface area contributed by atoms with Crippen molar-refractivity contribution in [3.05, 3.63) is 65.7 Å². The minimum absolute atomic E-state index is 0.0270. The van der Waals surface area contributed by atoms with Gasteiger partial charge in [-0.2, -0.15) is 5.10 Å². The van der Waals surface area contributed by atoms with Crippen LogP contribution in [0, 0.1) is 0 Å². The zero-order chi connectivity index (χ0) is 18.0. The summed E-state index contributed by atoms with van der Waals surface area (Å²) in [5.41, 5.74) is 3.04. The van der Waals surface area contributed by atoms with Crippen LogP contribution in [0.3, 0.4) is 0 Å². The summed E-state index contributed by atoms with van der Waals surface area (Å²) in [6.07, 6.45) is 0. The molecule has 6 nitrogen and oxygen atoms in total. The minimum atomic E-state index is -0.581. The van der Waals surface area contributed by atoms with Crippen molar-refractivity contribution < 1.29 is 20.1 Å². The van der Waals surface area contributed by atoms with Gasteiger partial charge in [0.2, 0.25) is 0 Å². The predicted molar refractivity (Wildman–Crippen MR) is 95.1 cm³/mol. The van der Waals surface area contributed by atoms with Gasteiger partial charge in [-0.25, -0.2) is 5.43 Å². The van der Waals surface area contributed by atoms with Crippen LogP contribution >= 0.6 is 0 Å². The molecule has 3 rings (SSSR count). The van der Waals surface area contributed by atoms with Gasteiger partial charge in [-0.05, 0) is 48.0 Å². The van der Waals surface area contributed by atoms with Crippen LogP contribution in [0.25, 0.3) is 10.8 Å². The summed E-state index contributed by atoms with van der Waals surface area (Å²) < 4.78 is 0. The van der Waals surface area contributed by atoms with Crippen molar-refractivity contribution in [3.63, 3.8) is 0 Å². The van der Waals surface area contributed by atoms with E-state index in [0.717, 1.165) is 10.8 Å². The van der Waals surface area contributed by atoms with Gasteiger partial charge in [-0.15, -0.1) is 0 Å². The smallest absolute Gasteiger partial charge is 0.275 e. The highest BCUT2D eigenvalue weighted by Gasteiger charge is 2.13. The molecule has 126 valence electrons. The molecule has 0 aliphatic carbocycles. The van der Waals surface area contributed by atoms with Crippen LogP contribution in [0.4, 0.5) is 0 Å². The number of rotatable bonds is 3. The van der Waals surface area contributed by atoms with E-state index in [4.69, 9.17) is 0 Å². The molecule has 6 heteroatoms. The van der Waals surface area contributed by atoms with Gasteiger partial charge in [0.15, 0.2) is 0 Å². The van der Waals surface area contributed by atoms with Crippen LogP contribution in [-0.4, -0.2) is 26.9 Å². The molecule has 0 heterocycles. The number of phenolic OH excluding ortho intramolecular Hbond substituents is 3. The topological polar surface area (TPSA) is 102 Å². The van der Waals surface area contributed by atoms with E-state index in [9.17, 15) is 20.1 Å². The number of carbonyl (C=O) groups is 1. The largest absolute Gasteiger partial charge is 0.508 e. The third kappa shape index (κ3) is 3.37. The summed E-state index contributed by atoms with van der Waals surface area (Å²) in [4.78, 5) is 12.3. The molecule has 3 aromatic rings. The second-order valence-corrected chi connectivity index (χ2v) is 5.56. The second-order valence-electron chi connectivity index (χ2n) is 5.56. The van der Waals surface area contributed by atoms with Gasteiger partial charge in [-0.3, -0.25) is 4.79 Å². The zero-order valence-corrected chi connectivity index (χ0v) is 13.4. The lowest BCUT2D eigenvalue weighted by atomic mass is 10.1. The first kappa shape index (κ1) is 16.3. The van der Waals surface area contributed by atoms with Crippen LogP contribution in [0.5, 0.6) is 17.2 Å². The quantitative estimate of drug-likeness (QED) is 0.335. The molecule has 1 amide bonds. The van der Waals surface area contributed by atoms with Crippen molar-refractivity contribution >= 4 is 22.4 Å². The van der Waals surface area contributed by atoms with Crippen LogP contribution in [0.2, 0.25) is 0 Å². The standard InChI is InChI=1S/C19H16N2O4/c1-11(15-10-14(22)6-7-17(15)23)20-21-19(25)16-8-12-4-2-3-5-13(12)9-18(16)24/h2-10,22-24H,1H3,(H,21,25)/b20-11-. The van der Waals surface area contributed by atoms with Gasteiger partial charge in [-0.1, -0.05) is 24.3 Å². The van der Waals surface area contributed by atoms with Gasteiger partial charge in [0.05, 0.1) is 11.3 Å². The summed E-state index contributed by atoms with van der Waals surface area (Å²) in [5.74, 6) is -0.825. The van der Waals surface area contributed by atoms with Crippen molar-refractivity contribution in [3.8, 4) is 17.2 Å². The summed E-state index contributed by atoms with van der Waals surface area (Å²) >= 11 is 0. The maximum absolute atomic E-state index is 12.3. The maximum atomic E-state index is 12.3. The number of nitrogens with zero attached hydrogens (tertiary/aromatic N) is 1. The van der Waals surface area contributed by atoms with E-state index in [1.807, 2.05) is 24.3 Å². The Morgan fingerprint density at radius 3 is 2.28 bits per heavy atom. The molecule has 0 aliphatic rings. The average molecular weight is 336 g/mol. The molecule has 0 spiro atoms. The lowest BCUT2D eigenvalue weighted by Crippen LogP contribution is -2.19. The molecule has 3 aromatic carbocycles. The van der Waals surface area contributed by atoms with Crippen molar-refractivity contribution in [1.82, 2.24) is 5.43 Å². The van der Waals surface area contributed by atoms with Gasteiger partial charge in [0, 0.05) is 5.56 Å². The van der Waals surface area contributed by atoms with E-state index in [1.54, 1.807) is 13.0 Å². The van der Waals surface area contributed by atoms with Gasteiger partial charge >= 0.3 is 0 Å². The van der Waals surface area contributed by atoms with Crippen LogP contribution in [0.1, 0.15) is 22.8 Å². The molecule has 0 saturated heterocycles. The Morgan fingerprint density at radius 1 is 0.880 bits per heavy atom. The zero-order valence-electron chi connectivity index (χ0n) is 13.4. The molecule has 0 bridgehead atoms. The number of hydrogen-bond acceptors (Lipinski definition) is 5. The Labute approximate surface area is 143 Å². The third-order valence-corrected chi connectivity index (χ3v) is 3.80. The SMILES string of the molecule is C/C(=N/NC(=O)c1cc2ccccc2cc1O)c1cc(O)ccc1O. The number of carbonyl (C=O) groups excluding carboxylic acids is 1. The second kappa shape index (κ2) is 6.52. The Hall–Kier alpha value is -3.54. The number of nitrogens with one attached hydrogen (secondary N) is 1. The normalized spacial score (nSPS) is 11.5. The number of aromatic hydroxyl groups is 3. The van der Waals surface area contributed by atoms with Gasteiger partial charge in [0.25, 0.3) is 5.91 Å². The maximum Gasteiger partial charge on any atom is 0.275 e. The lowest BCUT2D eigenvalue weighted by molar-refractivity contribution is 0.0952. The Kier molecular flexibility index (Phi) is 4.26. The molecule has 0 aliphatic heterocycles. The Morgan fingerprint density at radius 2 is 1.56 bits per heavy atom. The van der Waals surface area contributed by atoms with E-state index in [2.05, 4.69) is 10.5 Å². The van der Waals surface area contributed by atoms with E-state index in [-0.39, 0.29) is 22.8 Å². The molecule has 0 fully saturated rings. The van der Waals surface area contributed by atoms with Gasteiger partial charge < -0.3 is 15.3 Å². The van der Waals surface area contributed by atoms with E-state index >= 15 is 0 Å². The third-order valence-electron chi connectivity index (χ3n) is 3.80. The first-order valence-corrected chi connectivity index (χ1v) is 7.54. The predicted octanol–water partition coefficient (Wildman–Crippen LogP) is 3.11. The number of hydrogen-bond donors (Lipinski definition) is 4. The highest BCUT2D eigenvalue weighted by Crippen LogP contribution is 2.25. The number of benzene rings is 3. The number of amides is 1. The lowest BCUT2D eigenvalue weighted by Gasteiger charge is -2.08. The van der Waals surface area contributed by atoms with E-state index in [0.29, 0.717) is 11.3 Å². The van der Waals surface area contributed by atoms with Crippen molar-refractivity contribution in [2.75, 3.05) is 0 Å². The molecule has 0 unspecified atom stereocenters. The van der Waals surface area contributed by atoms with Gasteiger partial charge in [0.1, 0.15) is 17.2 Å². The molecule has 0 radical (unpaired) electrons. The fraction of sp³-hybridized carbons (Fsp3) is 0.0526. The molecule has 0 saturated carbocycles. The fourth-order valence-electron chi connectivity index (χ4n) is 2.48. The monoisotopic (exact) mass is 336 g/mol. The van der Waals surface area contributed by atoms with Crippen LogP contribution in [0.15, 0.2) is 59.7 Å². The summed E-state index contributed by atoms with van der Waals surface area (Å²) in [7, 11) is 0. The molecule has 4 N–H and O–H groups in total. The van der Waals surface area contributed by atoms with E-state index in [1.165, 1.54) is 24.3 Å². The minimum Gasteiger partial charge on any atom is -0.508 e. The highest BCUT2D eigenvalue weighted by molar-refractivity contribution is 6.04. The number of hydrazone groups is 1. The number of fused-ring (bicyclic) bond motifs is 1. The summed E-state index contributed by atoms with van der Waals surface area (Å²) in [6, 6.07) is 14.5. The fourth-order valence-corrected chi connectivity index (χ4v) is 2.48. The van der Waals surface area contributed by atoms with Crippen molar-refractivity contribution in [2.45, 2.75) is 6.92 Å². The first-order chi connectivity index (χ1) is 12.0.